The maximum absolute atomic E-state index is 6.01. The number of nitrogens with one attached hydrogen (secondary N) is 1. The average molecular weight is 297 g/mol. The number of hydrogen-bond acceptors (Lipinski definition) is 2. The van der Waals surface area contributed by atoms with Crippen molar-refractivity contribution in [1.82, 2.24) is 0 Å². The first-order valence-corrected chi connectivity index (χ1v) is 7.60. The molecule has 0 aromatic heterocycles. The average Bonchev–Trinajstić information content (AvgIpc) is 2.30. The SMILES string of the molecule is CC1CC(C)CC(Nc2ccc(Cl)cc2C(N)=S)C1. The van der Waals surface area contributed by atoms with Gasteiger partial charge in [0.15, 0.2) is 0 Å². The number of rotatable bonds is 3. The molecule has 0 bridgehead atoms. The quantitative estimate of drug-likeness (QED) is 0.821. The van der Waals surface area contributed by atoms with Crippen molar-refractivity contribution in [1.29, 1.82) is 0 Å². The molecule has 1 fully saturated rings. The van der Waals surface area contributed by atoms with Crippen LogP contribution in [0.2, 0.25) is 5.02 Å². The Morgan fingerprint density at radius 3 is 2.47 bits per heavy atom. The number of halogens is 1. The van der Waals surface area contributed by atoms with Gasteiger partial charge in [-0.25, -0.2) is 0 Å². The highest BCUT2D eigenvalue weighted by Crippen LogP contribution is 2.31. The number of nitrogens with two attached hydrogens (primary N) is 1. The summed E-state index contributed by atoms with van der Waals surface area (Å²) in [7, 11) is 0. The highest BCUT2D eigenvalue weighted by atomic mass is 35.5. The number of benzene rings is 1. The normalized spacial score (nSPS) is 27.0. The lowest BCUT2D eigenvalue weighted by molar-refractivity contribution is 0.281. The Labute approximate surface area is 125 Å². The van der Waals surface area contributed by atoms with Gasteiger partial charge in [-0.2, -0.15) is 0 Å². The van der Waals surface area contributed by atoms with Gasteiger partial charge in [-0.1, -0.05) is 37.7 Å². The van der Waals surface area contributed by atoms with Gasteiger partial charge < -0.3 is 11.1 Å². The van der Waals surface area contributed by atoms with Crippen LogP contribution in [0.25, 0.3) is 0 Å². The molecular weight excluding hydrogens is 276 g/mol. The van der Waals surface area contributed by atoms with Gasteiger partial charge in [-0.05, 0) is 49.3 Å². The van der Waals surface area contributed by atoms with Gasteiger partial charge in [0.05, 0.1) is 0 Å². The summed E-state index contributed by atoms with van der Waals surface area (Å²) in [6.45, 7) is 4.64. The number of thiocarbonyl (C=S) groups is 1. The standard InChI is InChI=1S/C15H21ClN2S/c1-9-5-10(2)7-12(6-9)18-14-4-3-11(16)8-13(14)15(17)19/h3-4,8-10,12,18H,5-7H2,1-2H3,(H2,17,19). The van der Waals surface area contributed by atoms with Crippen LogP contribution >= 0.6 is 23.8 Å². The second-order valence-corrected chi connectivity index (χ2v) is 6.69. The van der Waals surface area contributed by atoms with Gasteiger partial charge in [0.1, 0.15) is 4.99 Å². The summed E-state index contributed by atoms with van der Waals surface area (Å²) in [6.07, 6.45) is 3.72. The Hall–Kier alpha value is -0.800. The molecule has 104 valence electrons. The van der Waals surface area contributed by atoms with E-state index in [4.69, 9.17) is 29.6 Å². The molecule has 2 atom stereocenters. The molecule has 0 heterocycles. The van der Waals surface area contributed by atoms with E-state index in [-0.39, 0.29) is 0 Å². The Morgan fingerprint density at radius 1 is 1.26 bits per heavy atom. The minimum atomic E-state index is 0.391. The summed E-state index contributed by atoms with van der Waals surface area (Å²) in [5, 5.41) is 4.26. The molecule has 4 heteroatoms. The molecule has 0 spiro atoms. The van der Waals surface area contributed by atoms with E-state index in [0.717, 1.165) is 23.1 Å². The van der Waals surface area contributed by atoms with Crippen LogP contribution < -0.4 is 11.1 Å². The molecule has 2 nitrogen and oxygen atoms in total. The monoisotopic (exact) mass is 296 g/mol. The van der Waals surface area contributed by atoms with Crippen molar-refractivity contribution in [2.45, 2.75) is 39.2 Å². The van der Waals surface area contributed by atoms with Crippen LogP contribution in [-0.4, -0.2) is 11.0 Å². The molecule has 1 aliphatic rings. The zero-order valence-corrected chi connectivity index (χ0v) is 13.0. The Kier molecular flexibility index (Phi) is 4.69. The lowest BCUT2D eigenvalue weighted by atomic mass is 9.80. The van der Waals surface area contributed by atoms with E-state index in [9.17, 15) is 0 Å². The fraction of sp³-hybridized carbons (Fsp3) is 0.533. The van der Waals surface area contributed by atoms with Crippen LogP contribution in [0.4, 0.5) is 5.69 Å². The maximum atomic E-state index is 6.01. The van der Waals surface area contributed by atoms with E-state index < -0.39 is 0 Å². The molecule has 1 aromatic carbocycles. The number of anilines is 1. The van der Waals surface area contributed by atoms with Crippen LogP contribution in [0.3, 0.4) is 0 Å². The van der Waals surface area contributed by atoms with E-state index in [1.54, 1.807) is 0 Å². The van der Waals surface area contributed by atoms with Crippen molar-refractivity contribution in [3.05, 3.63) is 28.8 Å². The first kappa shape index (κ1) is 14.6. The van der Waals surface area contributed by atoms with Crippen LogP contribution in [0.1, 0.15) is 38.7 Å². The van der Waals surface area contributed by atoms with E-state index in [2.05, 4.69) is 19.2 Å². The third kappa shape index (κ3) is 3.83. The first-order chi connectivity index (χ1) is 8.95. The second kappa shape index (κ2) is 6.10. The van der Waals surface area contributed by atoms with Crippen LogP contribution in [0, 0.1) is 11.8 Å². The van der Waals surface area contributed by atoms with Crippen molar-refractivity contribution in [2.24, 2.45) is 17.6 Å². The number of hydrogen-bond donors (Lipinski definition) is 2. The van der Waals surface area contributed by atoms with E-state index in [0.29, 0.717) is 16.1 Å². The molecule has 2 unspecified atom stereocenters. The molecule has 1 saturated carbocycles. The predicted octanol–water partition coefficient (Wildman–Crippen LogP) is 4.21. The summed E-state index contributed by atoms with van der Waals surface area (Å²) < 4.78 is 0. The van der Waals surface area contributed by atoms with Crippen molar-refractivity contribution in [3.8, 4) is 0 Å². The van der Waals surface area contributed by atoms with Gasteiger partial charge in [-0.15, -0.1) is 0 Å². The Morgan fingerprint density at radius 2 is 1.89 bits per heavy atom. The maximum Gasteiger partial charge on any atom is 0.106 e. The molecule has 0 aliphatic heterocycles. The van der Waals surface area contributed by atoms with Crippen molar-refractivity contribution in [2.75, 3.05) is 5.32 Å². The van der Waals surface area contributed by atoms with Gasteiger partial charge in [0.25, 0.3) is 0 Å². The van der Waals surface area contributed by atoms with Crippen molar-refractivity contribution in [3.63, 3.8) is 0 Å². The van der Waals surface area contributed by atoms with E-state index >= 15 is 0 Å². The predicted molar refractivity (Wildman–Crippen MR) is 86.9 cm³/mol. The minimum absolute atomic E-state index is 0.391. The fourth-order valence-electron chi connectivity index (χ4n) is 3.13. The molecule has 0 radical (unpaired) electrons. The van der Waals surface area contributed by atoms with Crippen LogP contribution in [-0.2, 0) is 0 Å². The van der Waals surface area contributed by atoms with Crippen LogP contribution in [0.15, 0.2) is 18.2 Å². The van der Waals surface area contributed by atoms with Crippen molar-refractivity contribution >= 4 is 34.5 Å². The highest BCUT2D eigenvalue weighted by Gasteiger charge is 2.24. The van der Waals surface area contributed by atoms with Gasteiger partial charge in [0.2, 0.25) is 0 Å². The Balaban J connectivity index is 2.16. The van der Waals surface area contributed by atoms with Crippen LogP contribution in [0.5, 0.6) is 0 Å². The zero-order chi connectivity index (χ0) is 14.0. The third-order valence-corrected chi connectivity index (χ3v) is 4.24. The molecule has 19 heavy (non-hydrogen) atoms. The van der Waals surface area contributed by atoms with Gasteiger partial charge in [-0.3, -0.25) is 0 Å². The molecule has 0 saturated heterocycles. The highest BCUT2D eigenvalue weighted by molar-refractivity contribution is 7.80. The fourth-order valence-corrected chi connectivity index (χ4v) is 3.47. The Bertz CT molecular complexity index is 465. The lowest BCUT2D eigenvalue weighted by Crippen LogP contribution is -2.31. The molecule has 0 amide bonds. The van der Waals surface area contributed by atoms with Gasteiger partial charge in [0, 0.05) is 22.3 Å². The summed E-state index contributed by atoms with van der Waals surface area (Å²) in [6, 6.07) is 6.18. The topological polar surface area (TPSA) is 38.0 Å². The second-order valence-electron chi connectivity index (χ2n) is 5.81. The first-order valence-electron chi connectivity index (χ1n) is 6.81. The van der Waals surface area contributed by atoms with Crippen molar-refractivity contribution < 1.29 is 0 Å². The van der Waals surface area contributed by atoms with E-state index in [1.165, 1.54) is 19.3 Å². The molecule has 1 aromatic rings. The summed E-state index contributed by atoms with van der Waals surface area (Å²) in [4.78, 5) is 0.391. The lowest BCUT2D eigenvalue weighted by Gasteiger charge is -2.33. The summed E-state index contributed by atoms with van der Waals surface area (Å²) in [5.74, 6) is 1.53. The molecular formula is C15H21ClN2S. The molecule has 3 N–H and O–H groups in total. The van der Waals surface area contributed by atoms with Gasteiger partial charge >= 0.3 is 0 Å². The molecule has 1 aliphatic carbocycles. The largest absolute Gasteiger partial charge is 0.389 e. The molecule has 2 rings (SSSR count). The summed E-state index contributed by atoms with van der Waals surface area (Å²) in [5.41, 5.74) is 7.62. The summed E-state index contributed by atoms with van der Waals surface area (Å²) >= 11 is 11.1. The van der Waals surface area contributed by atoms with E-state index in [1.807, 2.05) is 18.2 Å². The minimum Gasteiger partial charge on any atom is -0.389 e. The third-order valence-electron chi connectivity index (χ3n) is 3.79. The zero-order valence-electron chi connectivity index (χ0n) is 11.4. The smallest absolute Gasteiger partial charge is 0.106 e.